The van der Waals surface area contributed by atoms with Crippen molar-refractivity contribution in [2.24, 2.45) is 5.73 Å². The molecule has 0 aliphatic carbocycles. The molecule has 1 aliphatic heterocycles. The van der Waals surface area contributed by atoms with Gasteiger partial charge in [0.1, 0.15) is 0 Å². The molecule has 0 amide bonds. The summed E-state index contributed by atoms with van der Waals surface area (Å²) in [6.07, 6.45) is 3.49. The van der Waals surface area contributed by atoms with Crippen LogP contribution >= 0.6 is 0 Å². The largest absolute Gasteiger partial charge is 0.454 e. The van der Waals surface area contributed by atoms with Crippen molar-refractivity contribution in [3.8, 4) is 11.5 Å². The van der Waals surface area contributed by atoms with E-state index < -0.39 is 0 Å². The van der Waals surface area contributed by atoms with Crippen LogP contribution in [0.25, 0.3) is 0 Å². The fraction of sp³-hybridized carbons (Fsp3) is 0.571. The third kappa shape index (κ3) is 3.62. The molecular weight excluding hydrogens is 228 g/mol. The molecule has 18 heavy (non-hydrogen) atoms. The van der Waals surface area contributed by atoms with E-state index in [4.69, 9.17) is 15.2 Å². The van der Waals surface area contributed by atoms with E-state index in [1.165, 1.54) is 18.4 Å². The number of unbranched alkanes of at least 4 members (excludes halogenated alkanes) is 1. The number of benzene rings is 1. The van der Waals surface area contributed by atoms with E-state index in [9.17, 15) is 0 Å². The van der Waals surface area contributed by atoms with Gasteiger partial charge in [-0.25, -0.2) is 0 Å². The average Bonchev–Trinajstić information content (AvgIpc) is 2.83. The van der Waals surface area contributed by atoms with E-state index in [-0.39, 0.29) is 6.04 Å². The van der Waals surface area contributed by atoms with Crippen LogP contribution in [0, 0.1) is 0 Å². The standard InChI is InChI=1S/C14H22N2O2/c1-2-3-4-12(15)9-16-8-11-5-6-13-14(7-11)18-10-17-13/h5-7,12,16H,2-4,8-10,15H2,1H3. The van der Waals surface area contributed by atoms with E-state index >= 15 is 0 Å². The van der Waals surface area contributed by atoms with Crippen LogP contribution in [0.4, 0.5) is 0 Å². The summed E-state index contributed by atoms with van der Waals surface area (Å²) >= 11 is 0. The number of hydrogen-bond acceptors (Lipinski definition) is 4. The van der Waals surface area contributed by atoms with Gasteiger partial charge >= 0.3 is 0 Å². The zero-order chi connectivity index (χ0) is 12.8. The van der Waals surface area contributed by atoms with Gasteiger partial charge in [0.25, 0.3) is 0 Å². The number of nitrogens with two attached hydrogens (primary N) is 1. The van der Waals surface area contributed by atoms with Crippen molar-refractivity contribution in [3.63, 3.8) is 0 Å². The molecule has 3 N–H and O–H groups in total. The quantitative estimate of drug-likeness (QED) is 0.777. The fourth-order valence-corrected chi connectivity index (χ4v) is 2.02. The molecule has 0 bridgehead atoms. The lowest BCUT2D eigenvalue weighted by Crippen LogP contribution is -2.33. The summed E-state index contributed by atoms with van der Waals surface area (Å²) in [4.78, 5) is 0. The highest BCUT2D eigenvalue weighted by Crippen LogP contribution is 2.32. The Labute approximate surface area is 108 Å². The molecule has 1 aliphatic rings. The Hall–Kier alpha value is -1.26. The molecule has 0 spiro atoms. The summed E-state index contributed by atoms with van der Waals surface area (Å²) in [5, 5.41) is 3.38. The van der Waals surface area contributed by atoms with Gasteiger partial charge < -0.3 is 20.5 Å². The maximum Gasteiger partial charge on any atom is 0.231 e. The molecule has 1 aromatic rings. The van der Waals surface area contributed by atoms with Crippen molar-refractivity contribution < 1.29 is 9.47 Å². The molecule has 1 atom stereocenters. The Morgan fingerprint density at radius 2 is 2.17 bits per heavy atom. The third-order valence-electron chi connectivity index (χ3n) is 3.10. The van der Waals surface area contributed by atoms with Gasteiger partial charge in [-0.3, -0.25) is 0 Å². The monoisotopic (exact) mass is 250 g/mol. The van der Waals surface area contributed by atoms with Crippen LogP contribution in [-0.2, 0) is 6.54 Å². The molecule has 100 valence electrons. The lowest BCUT2D eigenvalue weighted by Gasteiger charge is -2.12. The van der Waals surface area contributed by atoms with E-state index in [0.29, 0.717) is 6.79 Å². The number of nitrogens with one attached hydrogen (secondary N) is 1. The third-order valence-corrected chi connectivity index (χ3v) is 3.10. The maximum absolute atomic E-state index is 6.01. The molecule has 0 saturated heterocycles. The lowest BCUT2D eigenvalue weighted by molar-refractivity contribution is 0.174. The second-order valence-corrected chi connectivity index (χ2v) is 4.72. The van der Waals surface area contributed by atoms with Gasteiger partial charge in [0.05, 0.1) is 0 Å². The second kappa shape index (κ2) is 6.61. The Balaban J connectivity index is 1.73. The zero-order valence-electron chi connectivity index (χ0n) is 10.9. The molecule has 4 heteroatoms. The first kappa shape index (κ1) is 13.2. The number of ether oxygens (including phenoxy) is 2. The van der Waals surface area contributed by atoms with Crippen LogP contribution < -0.4 is 20.5 Å². The smallest absolute Gasteiger partial charge is 0.231 e. The summed E-state index contributed by atoms with van der Waals surface area (Å²) < 4.78 is 10.6. The van der Waals surface area contributed by atoms with Crippen molar-refractivity contribution in [2.75, 3.05) is 13.3 Å². The highest BCUT2D eigenvalue weighted by atomic mass is 16.7. The van der Waals surface area contributed by atoms with Crippen molar-refractivity contribution in [2.45, 2.75) is 38.8 Å². The van der Waals surface area contributed by atoms with Crippen LogP contribution in [-0.4, -0.2) is 19.4 Å². The van der Waals surface area contributed by atoms with Crippen molar-refractivity contribution in [1.82, 2.24) is 5.32 Å². The van der Waals surface area contributed by atoms with E-state index in [0.717, 1.165) is 31.0 Å². The maximum atomic E-state index is 6.01. The first-order chi connectivity index (χ1) is 8.79. The van der Waals surface area contributed by atoms with E-state index in [2.05, 4.69) is 18.3 Å². The Morgan fingerprint density at radius 1 is 1.33 bits per heavy atom. The highest BCUT2D eigenvalue weighted by molar-refractivity contribution is 5.44. The Kier molecular flexibility index (Phi) is 4.84. The highest BCUT2D eigenvalue weighted by Gasteiger charge is 2.12. The van der Waals surface area contributed by atoms with Crippen LogP contribution in [0.2, 0.25) is 0 Å². The van der Waals surface area contributed by atoms with Crippen molar-refractivity contribution in [3.05, 3.63) is 23.8 Å². The lowest BCUT2D eigenvalue weighted by atomic mass is 10.1. The van der Waals surface area contributed by atoms with Gasteiger partial charge in [0.15, 0.2) is 11.5 Å². The number of fused-ring (bicyclic) bond motifs is 1. The second-order valence-electron chi connectivity index (χ2n) is 4.72. The predicted octanol–water partition coefficient (Wildman–Crippen LogP) is 2.02. The average molecular weight is 250 g/mol. The molecule has 1 aromatic carbocycles. The number of hydrogen-bond donors (Lipinski definition) is 2. The molecule has 0 radical (unpaired) electrons. The van der Waals surface area contributed by atoms with Crippen LogP contribution in [0.1, 0.15) is 31.7 Å². The molecule has 2 rings (SSSR count). The minimum atomic E-state index is 0.249. The van der Waals surface area contributed by atoms with Gasteiger partial charge in [0, 0.05) is 19.1 Å². The molecule has 4 nitrogen and oxygen atoms in total. The summed E-state index contributed by atoms with van der Waals surface area (Å²) in [6, 6.07) is 6.28. The van der Waals surface area contributed by atoms with E-state index in [1.807, 2.05) is 12.1 Å². The molecule has 0 fully saturated rings. The number of rotatable bonds is 7. The van der Waals surface area contributed by atoms with Crippen LogP contribution in [0.3, 0.4) is 0 Å². The summed E-state index contributed by atoms with van der Waals surface area (Å²) in [6.45, 7) is 4.19. The Bertz CT molecular complexity index is 382. The fourth-order valence-electron chi connectivity index (χ4n) is 2.02. The van der Waals surface area contributed by atoms with Gasteiger partial charge in [-0.2, -0.15) is 0 Å². The van der Waals surface area contributed by atoms with Crippen LogP contribution in [0.5, 0.6) is 11.5 Å². The minimum Gasteiger partial charge on any atom is -0.454 e. The van der Waals surface area contributed by atoms with Crippen molar-refractivity contribution in [1.29, 1.82) is 0 Å². The SMILES string of the molecule is CCCCC(N)CNCc1ccc2c(c1)OCO2. The summed E-state index contributed by atoms with van der Waals surface area (Å²) in [5.41, 5.74) is 7.20. The minimum absolute atomic E-state index is 0.249. The topological polar surface area (TPSA) is 56.5 Å². The van der Waals surface area contributed by atoms with Gasteiger partial charge in [-0.05, 0) is 24.1 Å². The first-order valence-electron chi connectivity index (χ1n) is 6.64. The predicted molar refractivity (Wildman–Crippen MR) is 71.8 cm³/mol. The first-order valence-corrected chi connectivity index (χ1v) is 6.64. The molecule has 1 unspecified atom stereocenters. The zero-order valence-corrected chi connectivity index (χ0v) is 10.9. The van der Waals surface area contributed by atoms with E-state index in [1.54, 1.807) is 0 Å². The van der Waals surface area contributed by atoms with Crippen LogP contribution in [0.15, 0.2) is 18.2 Å². The molecule has 0 saturated carbocycles. The summed E-state index contributed by atoms with van der Waals surface area (Å²) in [5.74, 6) is 1.67. The molecule has 1 heterocycles. The molecular formula is C14H22N2O2. The Morgan fingerprint density at radius 3 is 3.00 bits per heavy atom. The van der Waals surface area contributed by atoms with Gasteiger partial charge in [0.2, 0.25) is 6.79 Å². The van der Waals surface area contributed by atoms with Crippen molar-refractivity contribution >= 4 is 0 Å². The van der Waals surface area contributed by atoms with Gasteiger partial charge in [-0.15, -0.1) is 0 Å². The molecule has 0 aromatic heterocycles. The van der Waals surface area contributed by atoms with Gasteiger partial charge in [-0.1, -0.05) is 25.8 Å². The summed E-state index contributed by atoms with van der Waals surface area (Å²) in [7, 11) is 0. The normalized spacial score (nSPS) is 14.8.